The standard InChI is InChI=1S/C9H11NO.2C2H6/c1-7-6-10-8-4-2-3-5-9(8)11-7;2*1-2/h2-5,7,10H,6H2,1H3;2*1-2H3. The molecule has 1 aliphatic heterocycles. The normalized spacial score (nSPS) is 16.5. The quantitative estimate of drug-likeness (QED) is 0.699. The van der Waals surface area contributed by atoms with E-state index in [2.05, 4.69) is 12.2 Å². The molecular weight excluding hydrogens is 186 g/mol. The summed E-state index contributed by atoms with van der Waals surface area (Å²) in [5.74, 6) is 0.964. The van der Waals surface area contributed by atoms with E-state index in [1.54, 1.807) is 0 Å². The van der Waals surface area contributed by atoms with Gasteiger partial charge in [0.15, 0.2) is 0 Å². The van der Waals surface area contributed by atoms with Gasteiger partial charge in [0, 0.05) is 0 Å². The predicted octanol–water partition coefficient (Wildman–Crippen LogP) is 3.93. The van der Waals surface area contributed by atoms with Gasteiger partial charge in [-0.25, -0.2) is 0 Å². The Labute approximate surface area is 93.7 Å². The number of nitrogens with one attached hydrogen (secondary N) is 1. The molecule has 1 heterocycles. The molecule has 1 aliphatic rings. The number of para-hydroxylation sites is 2. The van der Waals surface area contributed by atoms with Crippen LogP contribution in [0, 0.1) is 0 Å². The topological polar surface area (TPSA) is 21.3 Å². The lowest BCUT2D eigenvalue weighted by atomic mass is 10.2. The Balaban J connectivity index is 0.000000442. The lowest BCUT2D eigenvalue weighted by Gasteiger charge is -2.24. The molecule has 15 heavy (non-hydrogen) atoms. The zero-order valence-electron chi connectivity index (χ0n) is 10.5. The highest BCUT2D eigenvalue weighted by molar-refractivity contribution is 5.57. The van der Waals surface area contributed by atoms with E-state index in [-0.39, 0.29) is 6.10 Å². The van der Waals surface area contributed by atoms with E-state index in [0.29, 0.717) is 0 Å². The number of ether oxygens (including phenoxy) is 1. The van der Waals surface area contributed by atoms with Gasteiger partial charge in [0.1, 0.15) is 11.9 Å². The highest BCUT2D eigenvalue weighted by atomic mass is 16.5. The van der Waals surface area contributed by atoms with Gasteiger partial charge in [-0.1, -0.05) is 39.8 Å². The van der Waals surface area contributed by atoms with Gasteiger partial charge >= 0.3 is 0 Å². The van der Waals surface area contributed by atoms with E-state index >= 15 is 0 Å². The maximum absolute atomic E-state index is 5.57. The van der Waals surface area contributed by atoms with Crippen LogP contribution < -0.4 is 10.1 Å². The number of rotatable bonds is 0. The average Bonchev–Trinajstić information content (AvgIpc) is 2.34. The summed E-state index contributed by atoms with van der Waals surface area (Å²) >= 11 is 0. The van der Waals surface area contributed by atoms with Gasteiger partial charge in [-0.2, -0.15) is 0 Å². The fraction of sp³-hybridized carbons (Fsp3) is 0.538. The largest absolute Gasteiger partial charge is 0.487 e. The average molecular weight is 209 g/mol. The van der Waals surface area contributed by atoms with Gasteiger partial charge in [0.25, 0.3) is 0 Å². The smallest absolute Gasteiger partial charge is 0.142 e. The summed E-state index contributed by atoms with van der Waals surface area (Å²) < 4.78 is 5.57. The van der Waals surface area contributed by atoms with Crippen molar-refractivity contribution in [3.8, 4) is 5.75 Å². The molecule has 0 fully saturated rings. The van der Waals surface area contributed by atoms with Crippen LogP contribution in [0.15, 0.2) is 24.3 Å². The Bertz CT molecular complexity index is 260. The molecule has 2 rings (SSSR count). The first kappa shape index (κ1) is 13.8. The third kappa shape index (κ3) is 4.24. The van der Waals surface area contributed by atoms with Crippen LogP contribution in [0.4, 0.5) is 5.69 Å². The zero-order chi connectivity index (χ0) is 11.7. The van der Waals surface area contributed by atoms with Gasteiger partial charge in [0.2, 0.25) is 0 Å². The molecule has 1 N–H and O–H groups in total. The second-order valence-electron chi connectivity index (χ2n) is 2.81. The molecule has 0 bridgehead atoms. The van der Waals surface area contributed by atoms with Crippen molar-refractivity contribution < 1.29 is 4.74 Å². The molecule has 1 aromatic carbocycles. The van der Waals surface area contributed by atoms with Crippen LogP contribution in [0.1, 0.15) is 34.6 Å². The minimum atomic E-state index is 0.282. The molecule has 2 heteroatoms. The van der Waals surface area contributed by atoms with Crippen LogP contribution in [0.5, 0.6) is 5.75 Å². The Morgan fingerprint density at radius 2 is 1.73 bits per heavy atom. The van der Waals surface area contributed by atoms with Gasteiger partial charge in [-0.05, 0) is 19.1 Å². The van der Waals surface area contributed by atoms with E-state index in [1.807, 2.05) is 52.0 Å². The Hall–Kier alpha value is -1.18. The first-order chi connectivity index (χ1) is 7.36. The van der Waals surface area contributed by atoms with E-state index < -0.39 is 0 Å². The number of fused-ring (bicyclic) bond motifs is 1. The minimum Gasteiger partial charge on any atom is -0.487 e. The van der Waals surface area contributed by atoms with Crippen LogP contribution in [0.2, 0.25) is 0 Å². The van der Waals surface area contributed by atoms with E-state index in [9.17, 15) is 0 Å². The highest BCUT2D eigenvalue weighted by Gasteiger charge is 2.13. The van der Waals surface area contributed by atoms with Gasteiger partial charge in [-0.3, -0.25) is 0 Å². The van der Waals surface area contributed by atoms with Crippen molar-refractivity contribution in [1.29, 1.82) is 0 Å². The fourth-order valence-corrected chi connectivity index (χ4v) is 1.23. The lowest BCUT2D eigenvalue weighted by Crippen LogP contribution is -2.27. The van der Waals surface area contributed by atoms with Gasteiger partial charge < -0.3 is 10.1 Å². The third-order valence-corrected chi connectivity index (χ3v) is 1.80. The van der Waals surface area contributed by atoms with E-state index in [4.69, 9.17) is 4.74 Å². The molecule has 1 atom stereocenters. The Morgan fingerprint density at radius 1 is 1.13 bits per heavy atom. The second-order valence-corrected chi connectivity index (χ2v) is 2.81. The molecule has 0 radical (unpaired) electrons. The summed E-state index contributed by atoms with van der Waals surface area (Å²) in [5.41, 5.74) is 1.10. The van der Waals surface area contributed by atoms with Gasteiger partial charge in [-0.15, -0.1) is 0 Å². The summed E-state index contributed by atoms with van der Waals surface area (Å²) in [6, 6.07) is 8.00. The number of hydrogen-bond acceptors (Lipinski definition) is 2. The molecule has 0 saturated heterocycles. The molecule has 0 saturated carbocycles. The zero-order valence-corrected chi connectivity index (χ0v) is 10.5. The van der Waals surface area contributed by atoms with Gasteiger partial charge in [0.05, 0.1) is 12.2 Å². The molecule has 0 amide bonds. The van der Waals surface area contributed by atoms with Crippen molar-refractivity contribution in [3.05, 3.63) is 24.3 Å². The van der Waals surface area contributed by atoms with Crippen LogP contribution in [0.25, 0.3) is 0 Å². The molecule has 0 aliphatic carbocycles. The molecule has 1 aromatic rings. The first-order valence-electron chi connectivity index (χ1n) is 5.86. The van der Waals surface area contributed by atoms with Crippen LogP contribution >= 0.6 is 0 Å². The van der Waals surface area contributed by atoms with Crippen molar-refractivity contribution in [1.82, 2.24) is 0 Å². The van der Waals surface area contributed by atoms with Crippen molar-refractivity contribution in [2.45, 2.75) is 40.7 Å². The highest BCUT2D eigenvalue weighted by Crippen LogP contribution is 2.27. The van der Waals surface area contributed by atoms with Crippen molar-refractivity contribution in [2.75, 3.05) is 11.9 Å². The molecule has 86 valence electrons. The van der Waals surface area contributed by atoms with Crippen molar-refractivity contribution in [2.24, 2.45) is 0 Å². The maximum atomic E-state index is 5.57. The van der Waals surface area contributed by atoms with E-state index in [1.165, 1.54) is 0 Å². The number of anilines is 1. The molecular formula is C13H23NO. The minimum absolute atomic E-state index is 0.282. The predicted molar refractivity (Wildman–Crippen MR) is 67.7 cm³/mol. The monoisotopic (exact) mass is 209 g/mol. The Morgan fingerprint density at radius 3 is 2.40 bits per heavy atom. The van der Waals surface area contributed by atoms with Crippen LogP contribution in [-0.2, 0) is 0 Å². The van der Waals surface area contributed by atoms with Crippen molar-refractivity contribution >= 4 is 5.69 Å². The lowest BCUT2D eigenvalue weighted by molar-refractivity contribution is 0.226. The van der Waals surface area contributed by atoms with Crippen molar-refractivity contribution in [3.63, 3.8) is 0 Å². The summed E-state index contributed by atoms with van der Waals surface area (Å²) in [5, 5.41) is 3.29. The molecule has 2 nitrogen and oxygen atoms in total. The van der Waals surface area contributed by atoms with E-state index in [0.717, 1.165) is 18.0 Å². The first-order valence-corrected chi connectivity index (χ1v) is 5.86. The summed E-state index contributed by atoms with van der Waals surface area (Å²) in [6.45, 7) is 11.0. The number of hydrogen-bond donors (Lipinski definition) is 1. The summed E-state index contributed by atoms with van der Waals surface area (Å²) in [7, 11) is 0. The fourth-order valence-electron chi connectivity index (χ4n) is 1.23. The molecule has 0 aromatic heterocycles. The summed E-state index contributed by atoms with van der Waals surface area (Å²) in [4.78, 5) is 0. The van der Waals surface area contributed by atoms with Crippen LogP contribution in [-0.4, -0.2) is 12.6 Å². The summed E-state index contributed by atoms with van der Waals surface area (Å²) in [6.07, 6.45) is 0.282. The Kier molecular flexibility index (Phi) is 7.51. The van der Waals surface area contributed by atoms with Crippen LogP contribution in [0.3, 0.4) is 0 Å². The maximum Gasteiger partial charge on any atom is 0.142 e. The SMILES string of the molecule is CC.CC.CC1CNc2ccccc2O1. The molecule has 0 spiro atoms. The second kappa shape index (κ2) is 8.16. The third-order valence-electron chi connectivity index (χ3n) is 1.80. The molecule has 1 unspecified atom stereocenters. The number of benzene rings is 1.